The summed E-state index contributed by atoms with van der Waals surface area (Å²) in [7, 11) is -8.35. The highest BCUT2D eigenvalue weighted by atomic mass is 35.5. The van der Waals surface area contributed by atoms with Gasteiger partial charge in [0.15, 0.2) is 8.32 Å². The van der Waals surface area contributed by atoms with E-state index in [-0.39, 0.29) is 22.8 Å². The molecule has 224 valence electrons. The van der Waals surface area contributed by atoms with Gasteiger partial charge in [0.1, 0.15) is 25.5 Å². The van der Waals surface area contributed by atoms with Gasteiger partial charge in [-0.3, -0.25) is 0 Å². The van der Waals surface area contributed by atoms with Gasteiger partial charge in [0.05, 0.1) is 0 Å². The Labute approximate surface area is 245 Å². The number of halogens is 1. The summed E-state index contributed by atoms with van der Waals surface area (Å²) < 4.78 is 25.0. The molecule has 0 aliphatic heterocycles. The summed E-state index contributed by atoms with van der Waals surface area (Å²) in [5, 5.41) is 0.274. The molecular formula is C23H39ClN2O10Si4. The van der Waals surface area contributed by atoms with Gasteiger partial charge < -0.3 is 58.6 Å². The van der Waals surface area contributed by atoms with Crippen LogP contribution in [0.25, 0.3) is 0 Å². The largest absolute Gasteiger partial charge is 1.00 e. The van der Waals surface area contributed by atoms with Gasteiger partial charge in [-0.25, -0.2) is 9.13 Å². The molecule has 0 amide bonds. The van der Waals surface area contributed by atoms with Crippen LogP contribution in [0.2, 0.25) is 19.6 Å². The van der Waals surface area contributed by atoms with E-state index in [9.17, 15) is 28.8 Å². The van der Waals surface area contributed by atoms with Crippen molar-refractivity contribution in [2.45, 2.75) is 32.7 Å². The van der Waals surface area contributed by atoms with Gasteiger partial charge in [-0.05, 0) is 30.8 Å². The molecule has 40 heavy (non-hydrogen) atoms. The van der Waals surface area contributed by atoms with Gasteiger partial charge in [-0.15, -0.1) is 0 Å². The lowest BCUT2D eigenvalue weighted by atomic mass is 10.2. The third kappa shape index (κ3) is 11.7. The topological polar surface area (TPSA) is 167 Å². The Bertz CT molecular complexity index is 1080. The van der Waals surface area contributed by atoms with E-state index in [2.05, 4.69) is 19.6 Å². The Morgan fingerprint density at radius 1 is 0.700 bits per heavy atom. The average molecular weight is 651 g/mol. The summed E-state index contributed by atoms with van der Waals surface area (Å²) in [6.45, 7) is 7.34. The van der Waals surface area contributed by atoms with Crippen molar-refractivity contribution in [3.05, 3.63) is 78.4 Å². The first-order valence-corrected chi connectivity index (χ1v) is 20.7. The zero-order valence-corrected chi connectivity index (χ0v) is 28.1. The van der Waals surface area contributed by atoms with Crippen LogP contribution >= 0.6 is 0 Å². The molecule has 12 nitrogen and oxygen atoms in total. The molecule has 0 saturated heterocycles. The summed E-state index contributed by atoms with van der Waals surface area (Å²) in [5.74, 6) is 0. The Hall–Kier alpha value is -1.59. The lowest BCUT2D eigenvalue weighted by Gasteiger charge is -2.29. The minimum absolute atomic E-state index is 0. The fraction of sp³-hybridized carbons (Fsp3) is 0.348. The summed E-state index contributed by atoms with van der Waals surface area (Å²) in [6.07, 6.45) is 5.71. The molecule has 0 radical (unpaired) electrons. The highest BCUT2D eigenvalue weighted by Crippen LogP contribution is 2.15. The molecule has 0 saturated carbocycles. The van der Waals surface area contributed by atoms with E-state index in [1.54, 1.807) is 45.6 Å². The van der Waals surface area contributed by atoms with Gasteiger partial charge in [0, 0.05) is 31.7 Å². The summed E-state index contributed by atoms with van der Waals surface area (Å²) in [6, 6.07) is 13.0. The van der Waals surface area contributed by atoms with Crippen LogP contribution in [0.5, 0.6) is 0 Å². The molecular weight excluding hydrogens is 612 g/mol. The van der Waals surface area contributed by atoms with Crippen molar-refractivity contribution in [3.8, 4) is 0 Å². The van der Waals surface area contributed by atoms with Crippen molar-refractivity contribution in [1.29, 1.82) is 0 Å². The standard InChI is InChI=1S/C17H21N2O6Si2.C6H18O4Si2.ClH/c20-26(21,22)16-5-1-14(2-6-16)11-18-9-10-19(13-18)12-15-3-7-17(8-4-15)27(23,24)25;1-7-12(8-2,9-3)10-11(4,5)6;/h1-10,13,20-25H,11-12H2;1-6H3;1H/q+1;;/p-1. The maximum atomic E-state index is 9.28. The molecule has 0 aliphatic rings. The summed E-state index contributed by atoms with van der Waals surface area (Å²) in [4.78, 5) is 55.7. The van der Waals surface area contributed by atoms with Crippen molar-refractivity contribution in [2.75, 3.05) is 21.3 Å². The van der Waals surface area contributed by atoms with Crippen molar-refractivity contribution < 1.29 is 63.1 Å². The van der Waals surface area contributed by atoms with E-state index < -0.39 is 35.0 Å². The van der Waals surface area contributed by atoms with Crippen molar-refractivity contribution >= 4 is 45.3 Å². The van der Waals surface area contributed by atoms with Gasteiger partial charge in [-0.2, -0.15) is 0 Å². The molecule has 0 atom stereocenters. The minimum atomic E-state index is -4.26. The summed E-state index contributed by atoms with van der Waals surface area (Å²) >= 11 is 0. The van der Waals surface area contributed by atoms with E-state index in [1.165, 1.54) is 24.3 Å². The van der Waals surface area contributed by atoms with Crippen molar-refractivity contribution in [2.24, 2.45) is 0 Å². The van der Waals surface area contributed by atoms with Crippen LogP contribution in [0.15, 0.2) is 67.3 Å². The molecule has 2 aromatic carbocycles. The molecule has 1 aromatic heterocycles. The van der Waals surface area contributed by atoms with Gasteiger partial charge in [0.2, 0.25) is 6.33 Å². The maximum Gasteiger partial charge on any atom is 0.668 e. The molecule has 17 heteroatoms. The van der Waals surface area contributed by atoms with Crippen LogP contribution in [0.4, 0.5) is 0 Å². The lowest BCUT2D eigenvalue weighted by Crippen LogP contribution is -3.00. The first-order chi connectivity index (χ1) is 18.0. The molecule has 0 spiro atoms. The quantitative estimate of drug-likeness (QED) is 0.0877. The average Bonchev–Trinajstić information content (AvgIpc) is 3.28. The number of aromatic nitrogens is 2. The molecule has 0 unspecified atom stereocenters. The smallest absolute Gasteiger partial charge is 0.668 e. The molecule has 0 fully saturated rings. The highest BCUT2D eigenvalue weighted by Gasteiger charge is 2.45. The first kappa shape index (κ1) is 36.4. The van der Waals surface area contributed by atoms with Crippen LogP contribution in [-0.4, -0.2) is 89.6 Å². The zero-order chi connectivity index (χ0) is 29.5. The summed E-state index contributed by atoms with van der Waals surface area (Å²) in [5.41, 5.74) is 1.89. The fourth-order valence-electron chi connectivity index (χ4n) is 3.46. The van der Waals surface area contributed by atoms with E-state index in [0.29, 0.717) is 13.1 Å². The normalized spacial score (nSPS) is 12.4. The first-order valence-electron chi connectivity index (χ1n) is 11.9. The highest BCUT2D eigenvalue weighted by molar-refractivity contribution is 6.78. The minimum Gasteiger partial charge on any atom is -1.00 e. The predicted octanol–water partition coefficient (Wildman–Crippen LogP) is -4.67. The molecule has 6 N–H and O–H groups in total. The zero-order valence-electron chi connectivity index (χ0n) is 23.4. The molecule has 0 bridgehead atoms. The van der Waals surface area contributed by atoms with E-state index in [0.717, 1.165) is 11.1 Å². The third-order valence-electron chi connectivity index (χ3n) is 5.34. The second-order valence-corrected chi connectivity index (χ2v) is 20.7. The fourth-order valence-corrected chi connectivity index (χ4v) is 9.19. The molecule has 3 aromatic rings. The molecule has 0 aliphatic carbocycles. The number of nitrogens with zero attached hydrogens (tertiary/aromatic N) is 2. The lowest BCUT2D eigenvalue weighted by molar-refractivity contribution is -0.687. The Kier molecular flexibility index (Phi) is 13.7. The van der Waals surface area contributed by atoms with Gasteiger partial charge in [0.25, 0.3) is 0 Å². The van der Waals surface area contributed by atoms with Crippen LogP contribution in [0, 0.1) is 0 Å². The number of hydrogen-bond acceptors (Lipinski definition) is 10. The Morgan fingerprint density at radius 2 is 1.12 bits per heavy atom. The third-order valence-corrected chi connectivity index (χ3v) is 12.5. The van der Waals surface area contributed by atoms with Gasteiger partial charge in [-0.1, -0.05) is 48.5 Å². The Balaban J connectivity index is 0.000000525. The maximum absolute atomic E-state index is 9.28. The van der Waals surface area contributed by atoms with E-state index in [1.807, 2.05) is 27.9 Å². The number of benzene rings is 2. The van der Waals surface area contributed by atoms with E-state index >= 15 is 0 Å². The SMILES string of the molecule is CO[Si](OC)(OC)O[Si](C)(C)C.O[Si](O)(O)c1ccc(Cn2cc[n+](Cc3ccc([Si](O)(O)O)cc3)c2)cc1.[Cl-]. The van der Waals surface area contributed by atoms with Crippen LogP contribution in [0.1, 0.15) is 11.1 Å². The van der Waals surface area contributed by atoms with Crippen LogP contribution < -0.4 is 27.3 Å². The second-order valence-electron chi connectivity index (χ2n) is 9.75. The van der Waals surface area contributed by atoms with Crippen LogP contribution in [0.3, 0.4) is 0 Å². The van der Waals surface area contributed by atoms with Gasteiger partial charge >= 0.3 is 26.7 Å². The molecule has 1 heterocycles. The van der Waals surface area contributed by atoms with Crippen molar-refractivity contribution in [1.82, 2.24) is 4.57 Å². The van der Waals surface area contributed by atoms with Crippen molar-refractivity contribution in [3.63, 3.8) is 0 Å². The van der Waals surface area contributed by atoms with Crippen LogP contribution in [-0.2, 0) is 30.5 Å². The Morgan fingerprint density at radius 3 is 1.48 bits per heavy atom. The number of rotatable bonds is 11. The number of imidazole rings is 1. The predicted molar refractivity (Wildman–Crippen MR) is 151 cm³/mol. The molecule has 3 rings (SSSR count). The monoisotopic (exact) mass is 650 g/mol. The number of hydrogen-bond donors (Lipinski definition) is 6. The van der Waals surface area contributed by atoms with E-state index in [4.69, 9.17) is 17.4 Å². The second kappa shape index (κ2) is 15.0.